The van der Waals surface area contributed by atoms with E-state index in [1.807, 2.05) is 0 Å². The van der Waals surface area contributed by atoms with Crippen molar-refractivity contribution in [3.8, 4) is 0 Å². The molecule has 0 amide bonds. The molecule has 0 atom stereocenters. The molecule has 0 unspecified atom stereocenters. The van der Waals surface area contributed by atoms with Gasteiger partial charge in [-0.05, 0) is 28.1 Å². The van der Waals surface area contributed by atoms with Crippen LogP contribution in [0.4, 0.5) is 0 Å². The third-order valence-corrected chi connectivity index (χ3v) is 6.42. The second-order valence-electron chi connectivity index (χ2n) is 3.86. The predicted octanol–water partition coefficient (Wildman–Crippen LogP) is 0.940. The molecule has 2 N–H and O–H groups in total. The van der Waals surface area contributed by atoms with E-state index in [1.165, 1.54) is 48.5 Å². The monoisotopic (exact) mass is 312 g/mol. The van der Waals surface area contributed by atoms with Gasteiger partial charge in [-0.25, -0.2) is 22.7 Å². The third-order valence-electron chi connectivity index (χ3n) is 2.56. The first kappa shape index (κ1) is 14.7. The fraction of sp³-hybridized carbons (Fsp3) is 0. The summed E-state index contributed by atoms with van der Waals surface area (Å²) in [5.74, 6) is 5.35. The Labute approximate surface area is 117 Å². The Balaban J connectivity index is 2.49. The van der Waals surface area contributed by atoms with Crippen molar-refractivity contribution in [1.82, 2.24) is 3.82 Å². The van der Waals surface area contributed by atoms with Crippen LogP contribution in [-0.2, 0) is 20.0 Å². The summed E-state index contributed by atoms with van der Waals surface area (Å²) in [5, 5.41) is 0. The Morgan fingerprint density at radius 2 is 0.950 bits per heavy atom. The molecule has 0 spiro atoms. The number of hydrogen-bond donors (Lipinski definition) is 1. The number of hydrogen-bond acceptors (Lipinski definition) is 5. The highest BCUT2D eigenvalue weighted by molar-refractivity contribution is 8.04. The van der Waals surface area contributed by atoms with Gasteiger partial charge in [0, 0.05) is 0 Å². The zero-order valence-corrected chi connectivity index (χ0v) is 11.9. The van der Waals surface area contributed by atoms with E-state index in [0.717, 1.165) is 0 Å². The summed E-state index contributed by atoms with van der Waals surface area (Å²) in [6, 6.07) is 14.3. The van der Waals surface area contributed by atoms with E-state index in [-0.39, 0.29) is 13.6 Å². The third kappa shape index (κ3) is 2.59. The SMILES string of the molecule is NN(S(=O)(=O)c1ccccc1)S(=O)(=O)c1ccccc1. The van der Waals surface area contributed by atoms with Crippen molar-refractivity contribution >= 4 is 20.0 Å². The largest absolute Gasteiger partial charge is 0.269 e. The fourth-order valence-corrected chi connectivity index (χ4v) is 4.49. The molecule has 0 saturated carbocycles. The van der Waals surface area contributed by atoms with Crippen molar-refractivity contribution in [2.45, 2.75) is 9.79 Å². The smallest absolute Gasteiger partial charge is 0.240 e. The summed E-state index contributed by atoms with van der Waals surface area (Å²) >= 11 is 0. The Morgan fingerprint density at radius 3 is 1.25 bits per heavy atom. The molecule has 0 saturated heterocycles. The lowest BCUT2D eigenvalue weighted by molar-refractivity contribution is 0.506. The number of nitrogens with zero attached hydrogens (tertiary/aromatic N) is 1. The second-order valence-corrected chi connectivity index (χ2v) is 7.72. The molecule has 20 heavy (non-hydrogen) atoms. The van der Waals surface area contributed by atoms with Crippen LogP contribution >= 0.6 is 0 Å². The van der Waals surface area contributed by atoms with Gasteiger partial charge in [-0.2, -0.15) is 0 Å². The second kappa shape index (κ2) is 5.33. The van der Waals surface area contributed by atoms with Gasteiger partial charge in [-0.3, -0.25) is 0 Å². The van der Waals surface area contributed by atoms with Gasteiger partial charge in [0.25, 0.3) is 20.0 Å². The highest BCUT2D eigenvalue weighted by atomic mass is 32.3. The highest BCUT2D eigenvalue weighted by Crippen LogP contribution is 2.20. The van der Waals surface area contributed by atoms with Crippen LogP contribution in [0, 0.1) is 0 Å². The van der Waals surface area contributed by atoms with Crippen molar-refractivity contribution < 1.29 is 16.8 Å². The zero-order valence-electron chi connectivity index (χ0n) is 10.2. The Hall–Kier alpha value is -1.74. The molecule has 0 aliphatic rings. The highest BCUT2D eigenvalue weighted by Gasteiger charge is 2.33. The molecule has 6 nitrogen and oxygen atoms in total. The maximum Gasteiger partial charge on any atom is 0.269 e. The van der Waals surface area contributed by atoms with E-state index in [4.69, 9.17) is 5.84 Å². The van der Waals surface area contributed by atoms with Gasteiger partial charge in [0.15, 0.2) is 0 Å². The van der Waals surface area contributed by atoms with Crippen molar-refractivity contribution in [2.24, 2.45) is 5.84 Å². The minimum atomic E-state index is -4.32. The van der Waals surface area contributed by atoms with Crippen LogP contribution in [0.1, 0.15) is 0 Å². The maximum absolute atomic E-state index is 12.2. The number of rotatable bonds is 4. The molecule has 0 fully saturated rings. The Kier molecular flexibility index (Phi) is 3.91. The van der Waals surface area contributed by atoms with E-state index < -0.39 is 20.0 Å². The summed E-state index contributed by atoms with van der Waals surface area (Å²) in [6.45, 7) is 0. The summed E-state index contributed by atoms with van der Waals surface area (Å²) < 4.78 is 48.6. The first-order valence-corrected chi connectivity index (χ1v) is 8.40. The van der Waals surface area contributed by atoms with Crippen LogP contribution in [0.5, 0.6) is 0 Å². The van der Waals surface area contributed by atoms with Gasteiger partial charge in [-0.1, -0.05) is 36.4 Å². The predicted molar refractivity (Wildman–Crippen MR) is 73.3 cm³/mol. The van der Waals surface area contributed by atoms with Crippen LogP contribution in [0.3, 0.4) is 0 Å². The minimum absolute atomic E-state index is 0.106. The van der Waals surface area contributed by atoms with Gasteiger partial charge in [0.05, 0.1) is 9.79 Å². The molecule has 106 valence electrons. The van der Waals surface area contributed by atoms with Crippen molar-refractivity contribution in [3.63, 3.8) is 0 Å². The molecular formula is C12H12N2O4S2. The average molecular weight is 312 g/mol. The molecule has 2 rings (SSSR count). The van der Waals surface area contributed by atoms with Crippen LogP contribution in [0.25, 0.3) is 0 Å². The molecule has 0 bridgehead atoms. The van der Waals surface area contributed by atoms with Crippen molar-refractivity contribution in [1.29, 1.82) is 0 Å². The van der Waals surface area contributed by atoms with E-state index in [1.54, 1.807) is 12.1 Å². The normalized spacial score (nSPS) is 12.5. The molecule has 2 aromatic carbocycles. The first-order chi connectivity index (χ1) is 9.37. The van der Waals surface area contributed by atoms with Crippen molar-refractivity contribution in [2.75, 3.05) is 0 Å². The van der Waals surface area contributed by atoms with Gasteiger partial charge >= 0.3 is 0 Å². The fourth-order valence-electron chi connectivity index (χ4n) is 1.52. The summed E-state index contributed by atoms with van der Waals surface area (Å²) in [4.78, 5) is -0.385. The van der Waals surface area contributed by atoms with E-state index in [2.05, 4.69) is 0 Å². The average Bonchev–Trinajstić information content (AvgIpc) is 2.48. The summed E-state index contributed by atoms with van der Waals surface area (Å²) in [6.07, 6.45) is 0. The Bertz CT molecular complexity index is 718. The van der Waals surface area contributed by atoms with E-state index in [9.17, 15) is 16.8 Å². The molecule has 0 heterocycles. The molecule has 0 aliphatic heterocycles. The van der Waals surface area contributed by atoms with Crippen LogP contribution < -0.4 is 5.84 Å². The quantitative estimate of drug-likeness (QED) is 0.669. The van der Waals surface area contributed by atoms with Gasteiger partial charge in [0.2, 0.25) is 0 Å². The number of hydrazine groups is 1. The van der Waals surface area contributed by atoms with Crippen LogP contribution in [0.2, 0.25) is 0 Å². The first-order valence-electron chi connectivity index (χ1n) is 5.52. The lowest BCUT2D eigenvalue weighted by atomic mass is 10.4. The van der Waals surface area contributed by atoms with Gasteiger partial charge < -0.3 is 0 Å². The van der Waals surface area contributed by atoms with Crippen LogP contribution in [0.15, 0.2) is 70.5 Å². The maximum atomic E-state index is 12.2. The number of benzene rings is 2. The van der Waals surface area contributed by atoms with Gasteiger partial charge in [-0.15, -0.1) is 0 Å². The van der Waals surface area contributed by atoms with Crippen molar-refractivity contribution in [3.05, 3.63) is 60.7 Å². The van der Waals surface area contributed by atoms with Crippen LogP contribution in [-0.4, -0.2) is 20.7 Å². The summed E-state index contributed by atoms with van der Waals surface area (Å²) in [5.41, 5.74) is 0. The Morgan fingerprint density at radius 1 is 0.650 bits per heavy atom. The van der Waals surface area contributed by atoms with E-state index in [0.29, 0.717) is 0 Å². The standard InChI is InChI=1S/C12H12N2O4S2/c13-14(19(15,16)11-7-3-1-4-8-11)20(17,18)12-9-5-2-6-10-12/h1-10H,13H2. The lowest BCUT2D eigenvalue weighted by Crippen LogP contribution is -2.42. The molecule has 2 aromatic rings. The number of sulfonamides is 2. The molecule has 0 radical (unpaired) electrons. The van der Waals surface area contributed by atoms with Gasteiger partial charge in [0.1, 0.15) is 0 Å². The number of nitrogens with two attached hydrogens (primary N) is 1. The molecule has 0 aromatic heterocycles. The summed E-state index contributed by atoms with van der Waals surface area (Å²) in [7, 11) is -8.64. The topological polar surface area (TPSA) is 97.5 Å². The molecule has 0 aliphatic carbocycles. The van der Waals surface area contributed by atoms with E-state index >= 15 is 0 Å². The molecular weight excluding hydrogens is 300 g/mol. The lowest BCUT2D eigenvalue weighted by Gasteiger charge is -2.16. The minimum Gasteiger partial charge on any atom is -0.240 e. The zero-order chi connectivity index (χ0) is 14.8. The molecule has 8 heteroatoms.